The van der Waals surface area contributed by atoms with Crippen LogP contribution in [0.2, 0.25) is 5.02 Å². The third kappa shape index (κ3) is 3.12. The Hall–Kier alpha value is -1.44. The zero-order valence-corrected chi connectivity index (χ0v) is 11.4. The van der Waals surface area contributed by atoms with E-state index in [0.717, 1.165) is 6.07 Å². The van der Waals surface area contributed by atoms with Crippen molar-refractivity contribution in [1.82, 2.24) is 9.71 Å². The van der Waals surface area contributed by atoms with E-state index in [-0.39, 0.29) is 17.5 Å². The van der Waals surface area contributed by atoms with Gasteiger partial charge in [0.05, 0.1) is 17.8 Å². The first-order valence-corrected chi connectivity index (χ1v) is 7.11. The average Bonchev–Trinajstić information content (AvgIpc) is 2.76. The van der Waals surface area contributed by atoms with Crippen LogP contribution in [0.1, 0.15) is 11.7 Å². The molecule has 1 heterocycles. The summed E-state index contributed by atoms with van der Waals surface area (Å²) in [6, 6.07) is 3.76. The monoisotopic (exact) mass is 304 g/mol. The number of aromatic nitrogens is 1. The van der Waals surface area contributed by atoms with Crippen LogP contribution in [0, 0.1) is 12.7 Å². The van der Waals surface area contributed by atoms with Crippen molar-refractivity contribution < 1.29 is 17.2 Å². The first-order chi connectivity index (χ1) is 8.90. The van der Waals surface area contributed by atoms with Gasteiger partial charge in [-0.25, -0.2) is 22.5 Å². The van der Waals surface area contributed by atoms with Crippen molar-refractivity contribution in [2.75, 3.05) is 0 Å². The molecular formula is C11H10ClFN2O3S. The van der Waals surface area contributed by atoms with E-state index >= 15 is 0 Å². The Morgan fingerprint density at radius 1 is 1.47 bits per heavy atom. The van der Waals surface area contributed by atoms with E-state index in [9.17, 15) is 12.8 Å². The fourth-order valence-electron chi connectivity index (χ4n) is 1.41. The third-order valence-corrected chi connectivity index (χ3v) is 4.00. The van der Waals surface area contributed by atoms with E-state index in [0.29, 0.717) is 5.76 Å². The molecular weight excluding hydrogens is 295 g/mol. The summed E-state index contributed by atoms with van der Waals surface area (Å²) < 4.78 is 44.8. The molecule has 0 radical (unpaired) electrons. The topological polar surface area (TPSA) is 72.2 Å². The van der Waals surface area contributed by atoms with E-state index < -0.39 is 20.7 Å². The molecule has 0 atom stereocenters. The van der Waals surface area contributed by atoms with Gasteiger partial charge in [0.25, 0.3) is 0 Å². The Labute approximate surface area is 114 Å². The lowest BCUT2D eigenvalue weighted by molar-refractivity contribution is 0.462. The lowest BCUT2D eigenvalue weighted by atomic mass is 10.3. The molecule has 0 fully saturated rings. The van der Waals surface area contributed by atoms with Crippen molar-refractivity contribution in [2.45, 2.75) is 18.4 Å². The Kier molecular flexibility index (Phi) is 3.88. The van der Waals surface area contributed by atoms with Gasteiger partial charge in [0.1, 0.15) is 10.7 Å². The number of hydrogen-bond donors (Lipinski definition) is 1. The predicted molar refractivity (Wildman–Crippen MR) is 66.7 cm³/mol. The normalized spacial score (nSPS) is 11.7. The van der Waals surface area contributed by atoms with E-state index in [4.69, 9.17) is 16.0 Å². The van der Waals surface area contributed by atoms with Crippen LogP contribution in [0.5, 0.6) is 0 Å². The van der Waals surface area contributed by atoms with Crippen LogP contribution in [-0.2, 0) is 16.6 Å². The minimum absolute atomic E-state index is 0.165. The molecule has 1 aromatic carbocycles. The molecule has 2 rings (SSSR count). The molecule has 2 aromatic rings. The van der Waals surface area contributed by atoms with E-state index in [1.807, 2.05) is 0 Å². The van der Waals surface area contributed by atoms with Crippen molar-refractivity contribution >= 4 is 21.6 Å². The smallest absolute Gasteiger partial charge is 0.244 e. The van der Waals surface area contributed by atoms with Gasteiger partial charge < -0.3 is 4.42 Å². The van der Waals surface area contributed by atoms with Gasteiger partial charge in [0.15, 0.2) is 5.82 Å². The molecule has 0 aliphatic heterocycles. The van der Waals surface area contributed by atoms with Gasteiger partial charge in [-0.15, -0.1) is 0 Å². The number of oxazole rings is 1. The number of rotatable bonds is 4. The molecule has 0 bridgehead atoms. The summed E-state index contributed by atoms with van der Waals surface area (Å²) in [6.45, 7) is 1.52. The van der Waals surface area contributed by atoms with Gasteiger partial charge in [-0.3, -0.25) is 0 Å². The van der Waals surface area contributed by atoms with E-state index in [1.54, 1.807) is 6.92 Å². The molecule has 102 valence electrons. The van der Waals surface area contributed by atoms with Gasteiger partial charge in [-0.2, -0.15) is 0 Å². The Morgan fingerprint density at radius 2 is 2.21 bits per heavy atom. The number of sulfonamides is 1. The molecule has 1 aromatic heterocycles. The van der Waals surface area contributed by atoms with Crippen LogP contribution in [0.3, 0.4) is 0 Å². The molecule has 8 heteroatoms. The third-order valence-electron chi connectivity index (χ3n) is 2.29. The van der Waals surface area contributed by atoms with Crippen molar-refractivity contribution in [3.8, 4) is 0 Å². The average molecular weight is 305 g/mol. The highest BCUT2D eigenvalue weighted by molar-refractivity contribution is 7.89. The summed E-state index contributed by atoms with van der Waals surface area (Å²) in [5.41, 5.74) is 0. The summed E-state index contributed by atoms with van der Waals surface area (Å²) in [5, 5.41) is -0.255. The number of aryl methyl sites for hydroxylation is 1. The summed E-state index contributed by atoms with van der Waals surface area (Å²) in [4.78, 5) is 3.33. The summed E-state index contributed by atoms with van der Waals surface area (Å²) in [5.74, 6) is -0.230. The SMILES string of the molecule is Cc1cnc(CNS(=O)(=O)c2cccc(Cl)c2F)o1. The number of benzene rings is 1. The molecule has 0 aliphatic rings. The van der Waals surface area contributed by atoms with E-state index in [2.05, 4.69) is 9.71 Å². The Bertz CT molecular complexity index is 700. The molecule has 0 amide bonds. The quantitative estimate of drug-likeness (QED) is 0.940. The fourth-order valence-corrected chi connectivity index (χ4v) is 2.71. The van der Waals surface area contributed by atoms with Crippen molar-refractivity contribution in [1.29, 1.82) is 0 Å². The zero-order chi connectivity index (χ0) is 14.0. The van der Waals surface area contributed by atoms with Gasteiger partial charge in [0.2, 0.25) is 15.9 Å². The lowest BCUT2D eigenvalue weighted by Crippen LogP contribution is -2.24. The van der Waals surface area contributed by atoms with Crippen LogP contribution in [0.4, 0.5) is 4.39 Å². The molecule has 0 saturated carbocycles. The molecule has 0 saturated heterocycles. The molecule has 0 aliphatic carbocycles. The lowest BCUT2D eigenvalue weighted by Gasteiger charge is -2.06. The largest absolute Gasteiger partial charge is 0.445 e. The maximum atomic E-state index is 13.6. The highest BCUT2D eigenvalue weighted by Gasteiger charge is 2.21. The van der Waals surface area contributed by atoms with Crippen molar-refractivity contribution in [3.63, 3.8) is 0 Å². The minimum atomic E-state index is -4.01. The van der Waals surface area contributed by atoms with Crippen LogP contribution in [0.15, 0.2) is 33.7 Å². The van der Waals surface area contributed by atoms with Gasteiger partial charge in [-0.1, -0.05) is 17.7 Å². The first-order valence-electron chi connectivity index (χ1n) is 5.25. The number of nitrogens with zero attached hydrogens (tertiary/aromatic N) is 1. The molecule has 0 spiro atoms. The van der Waals surface area contributed by atoms with Crippen LogP contribution < -0.4 is 4.72 Å². The van der Waals surface area contributed by atoms with Gasteiger partial charge >= 0.3 is 0 Å². The van der Waals surface area contributed by atoms with Crippen LogP contribution in [0.25, 0.3) is 0 Å². The minimum Gasteiger partial charge on any atom is -0.445 e. The van der Waals surface area contributed by atoms with Crippen molar-refractivity contribution in [3.05, 3.63) is 46.9 Å². The van der Waals surface area contributed by atoms with E-state index in [1.165, 1.54) is 18.3 Å². The highest BCUT2D eigenvalue weighted by atomic mass is 35.5. The van der Waals surface area contributed by atoms with Gasteiger partial charge in [0, 0.05) is 0 Å². The Morgan fingerprint density at radius 3 is 2.84 bits per heavy atom. The zero-order valence-electron chi connectivity index (χ0n) is 9.85. The van der Waals surface area contributed by atoms with Crippen LogP contribution in [-0.4, -0.2) is 13.4 Å². The Balaban J connectivity index is 2.21. The second-order valence-corrected chi connectivity index (χ2v) is 5.88. The fraction of sp³-hybridized carbons (Fsp3) is 0.182. The summed E-state index contributed by atoms with van der Waals surface area (Å²) >= 11 is 5.54. The second-order valence-electron chi connectivity index (χ2n) is 3.74. The molecule has 1 N–H and O–H groups in total. The number of nitrogens with one attached hydrogen (secondary N) is 1. The van der Waals surface area contributed by atoms with Crippen LogP contribution >= 0.6 is 11.6 Å². The summed E-state index contributed by atoms with van der Waals surface area (Å²) in [7, 11) is -4.01. The molecule has 0 unspecified atom stereocenters. The molecule has 5 nitrogen and oxygen atoms in total. The first kappa shape index (κ1) is 14.0. The highest BCUT2D eigenvalue weighted by Crippen LogP contribution is 2.21. The maximum absolute atomic E-state index is 13.6. The summed E-state index contributed by atoms with van der Waals surface area (Å²) in [6.07, 6.45) is 1.46. The maximum Gasteiger partial charge on any atom is 0.244 e. The van der Waals surface area contributed by atoms with Crippen molar-refractivity contribution in [2.24, 2.45) is 0 Å². The van der Waals surface area contributed by atoms with Gasteiger partial charge in [-0.05, 0) is 19.1 Å². The number of hydrogen-bond acceptors (Lipinski definition) is 4. The second kappa shape index (κ2) is 5.28. The predicted octanol–water partition coefficient (Wildman–Crippen LogP) is 2.25. The standard InChI is InChI=1S/C11H10ClFN2O3S/c1-7-5-14-10(18-7)6-15-19(16,17)9-4-2-3-8(12)11(9)13/h2-5,15H,6H2,1H3. The molecule has 19 heavy (non-hydrogen) atoms. The number of halogens is 2.